The molecule has 0 saturated heterocycles. The second-order valence-corrected chi connectivity index (χ2v) is 16.5. The highest BCUT2D eigenvalue weighted by molar-refractivity contribution is 7.97. The smallest absolute Gasteiger partial charge is 0.212 e. The standard InChI is InChI=1S/C24BF20.C21H21OS/c26-5-1(6(27)14(35)21(42)13(5)34)25(2-7(28)15(36)22(43)16(37)8(2)29,3-9(30)17(38)23(44)18(39)10(3)31)4-11(32)19(40)24(45)20(41)12(4)33;1-2-15-23(16-20(22)18-10-4-3-5-11-18)21-14-8-12-17-9-6-7-13-19(17)21/h;3-14H,2,15-16H2,1H3/q-1;+1. The summed E-state index contributed by atoms with van der Waals surface area (Å²) in [5.74, 6) is -69.5. The maximum Gasteiger partial charge on any atom is 0.212 e. The van der Waals surface area contributed by atoms with Crippen molar-refractivity contribution in [3.05, 3.63) is 195 Å². The SMILES string of the molecule is CCC[S+](CC(=O)c1ccccc1)c1cccc2ccccc12.Fc1c(F)c(F)c([B-](c2c(F)c(F)c(F)c(F)c2F)(c2c(F)c(F)c(F)c(F)c2F)c2c(F)c(F)c(F)c(F)c2F)c(F)c1F. The Hall–Kier alpha value is -6.52. The van der Waals surface area contributed by atoms with E-state index < -0.39 is 144 Å². The number of hydrogen-bond donors (Lipinski definition) is 0. The Morgan fingerprint density at radius 1 is 0.382 bits per heavy atom. The molecule has 0 heterocycles. The number of halogens is 20. The molecule has 68 heavy (non-hydrogen) atoms. The van der Waals surface area contributed by atoms with Crippen molar-refractivity contribution < 1.29 is 92.6 Å². The molecule has 0 amide bonds. The molecule has 1 unspecified atom stereocenters. The molecule has 1 atom stereocenters. The minimum Gasteiger partial charge on any atom is -0.289 e. The first-order valence-electron chi connectivity index (χ1n) is 19.0. The first kappa shape index (κ1) is 50.9. The van der Waals surface area contributed by atoms with Gasteiger partial charge < -0.3 is 0 Å². The zero-order valence-corrected chi connectivity index (χ0v) is 34.3. The van der Waals surface area contributed by atoms with Crippen LogP contribution in [0.2, 0.25) is 0 Å². The lowest BCUT2D eigenvalue weighted by atomic mass is 9.12. The van der Waals surface area contributed by atoms with Gasteiger partial charge >= 0.3 is 0 Å². The largest absolute Gasteiger partial charge is 0.289 e. The summed E-state index contributed by atoms with van der Waals surface area (Å²) in [6.45, 7) is 2.19. The lowest BCUT2D eigenvalue weighted by Crippen LogP contribution is -2.81. The minimum atomic E-state index is -7.22. The maximum atomic E-state index is 15.4. The topological polar surface area (TPSA) is 17.1 Å². The van der Waals surface area contributed by atoms with E-state index in [0.29, 0.717) is 5.75 Å². The zero-order chi connectivity index (χ0) is 50.4. The van der Waals surface area contributed by atoms with Crippen molar-refractivity contribution in [1.29, 1.82) is 0 Å². The number of carbonyl (C=O) groups is 1. The van der Waals surface area contributed by atoms with Crippen LogP contribution < -0.4 is 21.9 Å². The van der Waals surface area contributed by atoms with Crippen LogP contribution in [-0.4, -0.2) is 23.4 Å². The van der Waals surface area contributed by atoms with E-state index in [9.17, 15) is 57.5 Å². The van der Waals surface area contributed by atoms with E-state index in [0.717, 1.165) is 17.7 Å². The lowest BCUT2D eigenvalue weighted by molar-refractivity contribution is 0.102. The molecular weight excluding hydrogens is 979 g/mol. The number of carbonyl (C=O) groups excluding carboxylic acids is 1. The molecule has 7 rings (SSSR count). The van der Waals surface area contributed by atoms with Crippen molar-refractivity contribution >= 4 is 55.4 Å². The summed E-state index contributed by atoms with van der Waals surface area (Å²) in [7, 11) is -0.0426. The van der Waals surface area contributed by atoms with Crippen LogP contribution in [0.25, 0.3) is 10.8 Å². The highest BCUT2D eigenvalue weighted by Gasteiger charge is 2.52. The fourth-order valence-corrected chi connectivity index (χ4v) is 9.96. The van der Waals surface area contributed by atoms with Crippen LogP contribution in [0.1, 0.15) is 23.7 Å². The third-order valence-corrected chi connectivity index (χ3v) is 13.1. The van der Waals surface area contributed by atoms with Crippen molar-refractivity contribution in [3.8, 4) is 0 Å². The van der Waals surface area contributed by atoms with Crippen molar-refractivity contribution in [3.63, 3.8) is 0 Å². The Labute approximate surface area is 371 Å². The molecule has 0 aliphatic heterocycles. The van der Waals surface area contributed by atoms with Gasteiger partial charge in [-0.05, 0) is 23.9 Å². The van der Waals surface area contributed by atoms with E-state index in [1.165, 1.54) is 15.7 Å². The van der Waals surface area contributed by atoms with E-state index >= 15 is 35.1 Å². The molecule has 7 aromatic carbocycles. The Balaban J connectivity index is 0.000000276. The molecule has 0 bridgehead atoms. The van der Waals surface area contributed by atoms with E-state index in [1.807, 2.05) is 30.3 Å². The lowest BCUT2D eigenvalue weighted by Gasteiger charge is -2.44. The predicted octanol–water partition coefficient (Wildman–Crippen LogP) is 11.0. The monoisotopic (exact) mass is 1000 g/mol. The molecule has 0 aliphatic carbocycles. The van der Waals surface area contributed by atoms with Gasteiger partial charge in [-0.15, -0.1) is 21.9 Å². The Bertz CT molecular complexity index is 2760. The number of fused-ring (bicyclic) bond motifs is 1. The van der Waals surface area contributed by atoms with E-state index in [2.05, 4.69) is 49.4 Å². The highest BCUT2D eigenvalue weighted by atomic mass is 32.2. The number of rotatable bonds is 10. The van der Waals surface area contributed by atoms with Gasteiger partial charge in [0.1, 0.15) is 58.4 Å². The van der Waals surface area contributed by atoms with Gasteiger partial charge in [0.15, 0.2) is 80.5 Å². The molecule has 0 radical (unpaired) electrons. The summed E-state index contributed by atoms with van der Waals surface area (Å²) in [6.07, 6.45) is -6.13. The normalized spacial score (nSPS) is 12.1. The van der Waals surface area contributed by atoms with Gasteiger partial charge in [-0.25, -0.2) is 87.8 Å². The van der Waals surface area contributed by atoms with Gasteiger partial charge in [-0.2, -0.15) is 0 Å². The molecule has 0 aromatic heterocycles. The van der Waals surface area contributed by atoms with Crippen molar-refractivity contribution in [2.75, 3.05) is 11.5 Å². The van der Waals surface area contributed by atoms with Crippen LogP contribution in [0.4, 0.5) is 87.8 Å². The molecule has 1 nitrogen and oxygen atoms in total. The van der Waals surface area contributed by atoms with Gasteiger partial charge in [0, 0.05) is 21.8 Å². The molecule has 356 valence electrons. The first-order valence-corrected chi connectivity index (χ1v) is 20.5. The molecular formula is C45H21BF20OS. The number of ketones is 1. The summed E-state index contributed by atoms with van der Waals surface area (Å²) in [4.78, 5) is 14.0. The van der Waals surface area contributed by atoms with Gasteiger partial charge in [0.25, 0.3) is 0 Å². The molecule has 0 fully saturated rings. The molecule has 0 aliphatic rings. The van der Waals surface area contributed by atoms with Crippen LogP contribution in [0.5, 0.6) is 0 Å². The van der Waals surface area contributed by atoms with Crippen molar-refractivity contribution in [1.82, 2.24) is 0 Å². The third-order valence-electron chi connectivity index (χ3n) is 10.6. The molecule has 0 saturated carbocycles. The van der Waals surface area contributed by atoms with Crippen LogP contribution in [0.15, 0.2) is 77.7 Å². The van der Waals surface area contributed by atoms with Gasteiger partial charge in [-0.3, -0.25) is 4.79 Å². The minimum absolute atomic E-state index is 0.0426. The summed E-state index contributed by atoms with van der Waals surface area (Å²) in [5.41, 5.74) is -13.5. The fourth-order valence-electron chi connectivity index (χ4n) is 7.69. The third kappa shape index (κ3) is 8.20. The number of hydrogen-bond acceptors (Lipinski definition) is 1. The molecule has 0 spiro atoms. The summed E-state index contributed by atoms with van der Waals surface area (Å²) < 4.78 is 294. The average Bonchev–Trinajstić information content (AvgIpc) is 3.34. The zero-order valence-electron chi connectivity index (χ0n) is 33.5. The fraction of sp³-hybridized carbons (Fsp3) is 0.0889. The second kappa shape index (κ2) is 19.6. The van der Waals surface area contributed by atoms with E-state index in [4.69, 9.17) is 0 Å². The molecule has 0 N–H and O–H groups in total. The average molecular weight is 1000 g/mol. The van der Waals surface area contributed by atoms with E-state index in [-0.39, 0.29) is 16.7 Å². The van der Waals surface area contributed by atoms with E-state index in [1.54, 1.807) is 0 Å². The first-order chi connectivity index (χ1) is 32.0. The predicted molar refractivity (Wildman–Crippen MR) is 210 cm³/mol. The van der Waals surface area contributed by atoms with Crippen LogP contribution in [-0.2, 0) is 10.9 Å². The summed E-state index contributed by atoms with van der Waals surface area (Å²) >= 11 is 0. The van der Waals surface area contributed by atoms with Gasteiger partial charge in [-0.1, -0.05) is 67.6 Å². The Kier molecular flexibility index (Phi) is 14.7. The summed E-state index contributed by atoms with van der Waals surface area (Å²) in [6, 6.07) is 24.6. The molecule has 7 aromatic rings. The van der Waals surface area contributed by atoms with Crippen LogP contribution in [0, 0.1) is 116 Å². The highest BCUT2D eigenvalue weighted by Crippen LogP contribution is 2.31. The quantitative estimate of drug-likeness (QED) is 0.0333. The number of benzene rings is 7. The second-order valence-electron chi connectivity index (χ2n) is 14.4. The van der Waals surface area contributed by atoms with Crippen LogP contribution in [0.3, 0.4) is 0 Å². The van der Waals surface area contributed by atoms with Crippen LogP contribution >= 0.6 is 0 Å². The molecule has 23 heteroatoms. The van der Waals surface area contributed by atoms with Crippen molar-refractivity contribution in [2.45, 2.75) is 18.2 Å². The number of Topliss-reactive ketones (excluding diaryl/α,β-unsaturated/α-hetero) is 1. The van der Waals surface area contributed by atoms with Gasteiger partial charge in [0.2, 0.25) is 5.78 Å². The van der Waals surface area contributed by atoms with Gasteiger partial charge in [0.05, 0.1) is 0 Å². The summed E-state index contributed by atoms with van der Waals surface area (Å²) in [5, 5.41) is 2.54. The Morgan fingerprint density at radius 2 is 0.676 bits per heavy atom. The maximum absolute atomic E-state index is 15.4. The Morgan fingerprint density at radius 3 is 1.01 bits per heavy atom. The van der Waals surface area contributed by atoms with Crippen molar-refractivity contribution in [2.24, 2.45) is 0 Å².